The molecular weight excluding hydrogens is 480 g/mol. The van der Waals surface area contributed by atoms with Crippen molar-refractivity contribution in [1.82, 2.24) is 14.8 Å². The SMILES string of the molecule is Cc1ccc(Nc2nnc(SCC(=O)c3cc(C)n(-c4ccc5c(c4)OCCO5)c3C)s2)c(C)c1. The van der Waals surface area contributed by atoms with Crippen LogP contribution in [-0.2, 0) is 0 Å². The van der Waals surface area contributed by atoms with Gasteiger partial charge in [-0.15, -0.1) is 10.2 Å². The van der Waals surface area contributed by atoms with Crippen molar-refractivity contribution in [1.29, 1.82) is 0 Å². The second-order valence-corrected chi connectivity index (χ2v) is 10.7. The van der Waals surface area contributed by atoms with Crippen molar-refractivity contribution >= 4 is 39.7 Å². The number of benzene rings is 2. The number of aromatic nitrogens is 3. The van der Waals surface area contributed by atoms with E-state index >= 15 is 0 Å². The largest absolute Gasteiger partial charge is 0.486 e. The van der Waals surface area contributed by atoms with E-state index < -0.39 is 0 Å². The highest BCUT2D eigenvalue weighted by molar-refractivity contribution is 8.01. The standard InChI is InChI=1S/C26H26N4O3S2/c1-15-5-7-21(16(2)11-15)27-25-28-29-26(35-25)34-14-22(31)20-12-17(3)30(18(20)4)19-6-8-23-24(13-19)33-10-9-32-23/h5-8,11-13H,9-10,14H2,1-4H3,(H,27,28). The molecule has 0 atom stereocenters. The molecule has 7 nitrogen and oxygen atoms in total. The van der Waals surface area contributed by atoms with E-state index in [1.807, 2.05) is 44.2 Å². The third-order valence-electron chi connectivity index (χ3n) is 5.87. The fourth-order valence-electron chi connectivity index (χ4n) is 4.21. The highest BCUT2D eigenvalue weighted by Crippen LogP contribution is 2.34. The lowest BCUT2D eigenvalue weighted by Gasteiger charge is -2.20. The predicted molar refractivity (Wildman–Crippen MR) is 140 cm³/mol. The molecule has 180 valence electrons. The fourth-order valence-corrected chi connectivity index (χ4v) is 5.85. The van der Waals surface area contributed by atoms with Gasteiger partial charge in [0.1, 0.15) is 13.2 Å². The molecule has 9 heteroatoms. The number of ether oxygens (including phenoxy) is 2. The first-order valence-corrected chi connectivity index (χ1v) is 13.1. The quantitative estimate of drug-likeness (QED) is 0.241. The molecule has 35 heavy (non-hydrogen) atoms. The lowest BCUT2D eigenvalue weighted by Crippen LogP contribution is -2.15. The van der Waals surface area contributed by atoms with Crippen LogP contribution in [0.3, 0.4) is 0 Å². The van der Waals surface area contributed by atoms with E-state index in [9.17, 15) is 4.79 Å². The average molecular weight is 507 g/mol. The number of hydrogen-bond donors (Lipinski definition) is 1. The van der Waals surface area contributed by atoms with Gasteiger partial charge in [-0.05, 0) is 57.5 Å². The molecule has 1 aliphatic rings. The molecular formula is C26H26N4O3S2. The molecule has 1 aliphatic heterocycles. The number of carbonyl (C=O) groups excluding carboxylic acids is 1. The minimum Gasteiger partial charge on any atom is -0.486 e. The Balaban J connectivity index is 1.27. The average Bonchev–Trinajstić information content (AvgIpc) is 3.42. The smallest absolute Gasteiger partial charge is 0.210 e. The van der Waals surface area contributed by atoms with Crippen LogP contribution in [0.4, 0.5) is 10.8 Å². The summed E-state index contributed by atoms with van der Waals surface area (Å²) in [6, 6.07) is 14.0. The van der Waals surface area contributed by atoms with E-state index in [1.54, 1.807) is 0 Å². The number of thioether (sulfide) groups is 1. The van der Waals surface area contributed by atoms with Crippen LogP contribution in [0.15, 0.2) is 46.8 Å². The molecule has 4 aromatic rings. The number of aryl methyl sites for hydroxylation is 3. The van der Waals surface area contributed by atoms with Crippen LogP contribution >= 0.6 is 23.1 Å². The van der Waals surface area contributed by atoms with Gasteiger partial charge in [0.25, 0.3) is 0 Å². The molecule has 2 aromatic heterocycles. The summed E-state index contributed by atoms with van der Waals surface area (Å²) in [6.07, 6.45) is 0. The minimum absolute atomic E-state index is 0.0611. The van der Waals surface area contributed by atoms with Crippen LogP contribution in [0.5, 0.6) is 11.5 Å². The van der Waals surface area contributed by atoms with Crippen molar-refractivity contribution in [2.75, 3.05) is 24.3 Å². The van der Waals surface area contributed by atoms with Crippen molar-refractivity contribution in [2.45, 2.75) is 32.0 Å². The molecule has 0 saturated carbocycles. The third kappa shape index (κ3) is 4.92. The van der Waals surface area contributed by atoms with Crippen LogP contribution in [0, 0.1) is 27.7 Å². The first-order valence-electron chi connectivity index (χ1n) is 11.3. The molecule has 0 saturated heterocycles. The van der Waals surface area contributed by atoms with Crippen molar-refractivity contribution < 1.29 is 14.3 Å². The Morgan fingerprint density at radius 1 is 1.03 bits per heavy atom. The minimum atomic E-state index is 0.0611. The molecule has 0 unspecified atom stereocenters. The topological polar surface area (TPSA) is 78.3 Å². The number of rotatable bonds is 7. The lowest BCUT2D eigenvalue weighted by molar-refractivity contribution is 0.102. The van der Waals surface area contributed by atoms with E-state index in [4.69, 9.17) is 9.47 Å². The Bertz CT molecular complexity index is 1410. The zero-order valence-electron chi connectivity index (χ0n) is 20.0. The van der Waals surface area contributed by atoms with Gasteiger partial charge in [-0.2, -0.15) is 0 Å². The molecule has 5 rings (SSSR count). The van der Waals surface area contributed by atoms with E-state index in [2.05, 4.69) is 46.1 Å². The van der Waals surface area contributed by atoms with Gasteiger partial charge in [-0.3, -0.25) is 4.79 Å². The maximum atomic E-state index is 13.1. The number of Topliss-reactive ketones (excluding diaryl/α,β-unsaturated/α-hetero) is 1. The zero-order chi connectivity index (χ0) is 24.5. The second-order valence-electron chi connectivity index (χ2n) is 8.48. The third-order valence-corrected chi connectivity index (χ3v) is 7.84. The summed E-state index contributed by atoms with van der Waals surface area (Å²) in [7, 11) is 0. The number of nitrogens with one attached hydrogen (secondary N) is 1. The van der Waals surface area contributed by atoms with Crippen molar-refractivity contribution in [2.24, 2.45) is 0 Å². The molecule has 0 bridgehead atoms. The van der Waals surface area contributed by atoms with Gasteiger partial charge in [0.15, 0.2) is 21.6 Å². The van der Waals surface area contributed by atoms with Crippen molar-refractivity contribution in [3.8, 4) is 17.2 Å². The predicted octanol–water partition coefficient (Wildman–Crippen LogP) is 6.05. The first-order chi connectivity index (χ1) is 16.9. The number of hydrogen-bond acceptors (Lipinski definition) is 8. The molecule has 0 radical (unpaired) electrons. The maximum absolute atomic E-state index is 13.1. The number of fused-ring (bicyclic) bond motifs is 1. The Kier molecular flexibility index (Phi) is 6.53. The van der Waals surface area contributed by atoms with Crippen LogP contribution in [0.2, 0.25) is 0 Å². The summed E-state index contributed by atoms with van der Waals surface area (Å²) >= 11 is 2.86. The van der Waals surface area contributed by atoms with E-state index in [-0.39, 0.29) is 5.78 Å². The molecule has 0 amide bonds. The zero-order valence-corrected chi connectivity index (χ0v) is 21.7. The Morgan fingerprint density at radius 2 is 1.83 bits per heavy atom. The first kappa shape index (κ1) is 23.4. The molecule has 1 N–H and O–H groups in total. The summed E-state index contributed by atoms with van der Waals surface area (Å²) in [4.78, 5) is 13.1. The van der Waals surface area contributed by atoms with Crippen LogP contribution in [0.25, 0.3) is 5.69 Å². The number of ketones is 1. The number of carbonyl (C=O) groups is 1. The molecule has 0 fully saturated rings. The van der Waals surface area contributed by atoms with Gasteiger partial charge in [-0.25, -0.2) is 0 Å². The van der Waals surface area contributed by atoms with Crippen LogP contribution in [-0.4, -0.2) is 39.5 Å². The Hall–Kier alpha value is -3.30. The molecule has 0 spiro atoms. The maximum Gasteiger partial charge on any atom is 0.210 e. The molecule has 2 aromatic carbocycles. The van der Waals surface area contributed by atoms with Gasteiger partial charge in [0.2, 0.25) is 5.13 Å². The van der Waals surface area contributed by atoms with Crippen LogP contribution < -0.4 is 14.8 Å². The van der Waals surface area contributed by atoms with Gasteiger partial charge >= 0.3 is 0 Å². The van der Waals surface area contributed by atoms with Crippen molar-refractivity contribution in [3.05, 3.63) is 70.5 Å². The summed E-state index contributed by atoms with van der Waals surface area (Å²) in [6.45, 7) is 9.20. The number of anilines is 2. The van der Waals surface area contributed by atoms with Gasteiger partial charge in [0.05, 0.1) is 5.75 Å². The Labute approximate surface area is 212 Å². The monoisotopic (exact) mass is 506 g/mol. The summed E-state index contributed by atoms with van der Waals surface area (Å²) in [5.41, 5.74) is 6.92. The Morgan fingerprint density at radius 3 is 2.63 bits per heavy atom. The second kappa shape index (κ2) is 9.75. The van der Waals surface area contributed by atoms with E-state index in [1.165, 1.54) is 28.7 Å². The van der Waals surface area contributed by atoms with Gasteiger partial charge in [0, 0.05) is 34.4 Å². The van der Waals surface area contributed by atoms with Gasteiger partial charge in [-0.1, -0.05) is 40.8 Å². The van der Waals surface area contributed by atoms with Crippen LogP contribution in [0.1, 0.15) is 32.9 Å². The summed E-state index contributed by atoms with van der Waals surface area (Å²) < 4.78 is 14.2. The van der Waals surface area contributed by atoms with E-state index in [0.717, 1.165) is 44.2 Å². The highest BCUT2D eigenvalue weighted by atomic mass is 32.2. The fraction of sp³-hybridized carbons (Fsp3) is 0.269. The summed E-state index contributed by atoms with van der Waals surface area (Å²) in [5.74, 6) is 1.83. The van der Waals surface area contributed by atoms with Gasteiger partial charge < -0.3 is 19.4 Å². The van der Waals surface area contributed by atoms with Crippen molar-refractivity contribution in [3.63, 3.8) is 0 Å². The molecule has 3 heterocycles. The normalized spacial score (nSPS) is 12.6. The summed E-state index contributed by atoms with van der Waals surface area (Å²) in [5, 5.41) is 12.5. The van der Waals surface area contributed by atoms with E-state index in [0.29, 0.717) is 29.7 Å². The molecule has 0 aliphatic carbocycles. The highest BCUT2D eigenvalue weighted by Gasteiger charge is 2.20. The number of nitrogens with zero attached hydrogens (tertiary/aromatic N) is 3. The lowest BCUT2D eigenvalue weighted by atomic mass is 10.1.